The Balaban J connectivity index is 1.80. The number of unbranched alkanes of at least 4 members (excludes halogenated alkanes) is 1. The lowest BCUT2D eigenvalue weighted by Gasteiger charge is -2.31. The van der Waals surface area contributed by atoms with Gasteiger partial charge < -0.3 is 14.5 Å². The van der Waals surface area contributed by atoms with Gasteiger partial charge in [0.1, 0.15) is 5.69 Å². The highest BCUT2D eigenvalue weighted by Crippen LogP contribution is 2.26. The Morgan fingerprint density at radius 1 is 1.12 bits per heavy atom. The number of hydrogen-bond donors (Lipinski definition) is 0. The molecule has 1 atom stereocenters. The normalized spacial score (nSPS) is 14.8. The number of nitrogens with zero attached hydrogens (tertiary/aromatic N) is 6. The van der Waals surface area contributed by atoms with Crippen LogP contribution in [0.15, 0.2) is 23.0 Å². The zero-order valence-electron chi connectivity index (χ0n) is 19.5. The third kappa shape index (κ3) is 5.97. The number of hydrogen-bond acceptors (Lipinski definition) is 6. The van der Waals surface area contributed by atoms with Crippen LogP contribution in [0.2, 0.25) is 10.0 Å². The van der Waals surface area contributed by atoms with Gasteiger partial charge in [-0.05, 0) is 42.3 Å². The van der Waals surface area contributed by atoms with Crippen LogP contribution in [-0.4, -0.2) is 80.4 Å². The number of carbonyl (C=O) groups excluding carboxylic acids is 2. The molecular formula is C22H30Cl2N6O4. The molecule has 2 amide bonds. The Bertz CT molecular complexity index is 1030. The summed E-state index contributed by atoms with van der Waals surface area (Å²) in [6, 6.07) is 3.97. The second-order valence-corrected chi connectivity index (χ2v) is 8.87. The lowest BCUT2D eigenvalue weighted by Crippen LogP contribution is -2.47. The fourth-order valence-electron chi connectivity index (χ4n) is 4.03. The van der Waals surface area contributed by atoms with E-state index in [-0.39, 0.29) is 27.7 Å². The number of benzene rings is 1. The summed E-state index contributed by atoms with van der Waals surface area (Å²) in [5.41, 5.74) is -0.603. The van der Waals surface area contributed by atoms with Crippen molar-refractivity contribution in [3.8, 4) is 5.69 Å². The van der Waals surface area contributed by atoms with Gasteiger partial charge in [0, 0.05) is 32.1 Å². The smallest absolute Gasteiger partial charge is 0.377 e. The van der Waals surface area contributed by atoms with E-state index in [0.29, 0.717) is 56.8 Å². The number of carbonyl (C=O) groups is 2. The first kappa shape index (κ1) is 26.2. The van der Waals surface area contributed by atoms with E-state index in [1.165, 1.54) is 0 Å². The molecule has 0 aliphatic carbocycles. The molecule has 0 bridgehead atoms. The molecule has 186 valence electrons. The van der Waals surface area contributed by atoms with Gasteiger partial charge in [0.25, 0.3) is 0 Å². The number of aromatic nitrogens is 4. The van der Waals surface area contributed by atoms with Gasteiger partial charge in [-0.2, -0.15) is 4.68 Å². The fraction of sp³-hybridized carbons (Fsp3) is 0.591. The molecule has 1 aliphatic rings. The molecule has 0 N–H and O–H groups in total. The second kappa shape index (κ2) is 12.3. The minimum Gasteiger partial charge on any atom is -0.378 e. The van der Waals surface area contributed by atoms with Crippen molar-refractivity contribution in [1.29, 1.82) is 0 Å². The average Bonchev–Trinajstić information content (AvgIpc) is 3.21. The number of tetrazole rings is 1. The number of rotatable bonds is 9. The highest BCUT2D eigenvalue weighted by atomic mass is 35.5. The van der Waals surface area contributed by atoms with Crippen LogP contribution in [0.25, 0.3) is 5.69 Å². The molecule has 12 heteroatoms. The molecule has 10 nitrogen and oxygen atoms in total. The molecule has 1 aromatic heterocycles. The highest BCUT2D eigenvalue weighted by molar-refractivity contribution is 6.37. The van der Waals surface area contributed by atoms with Gasteiger partial charge >= 0.3 is 11.7 Å². The van der Waals surface area contributed by atoms with Crippen molar-refractivity contribution in [2.24, 2.45) is 0 Å². The van der Waals surface area contributed by atoms with Crippen LogP contribution in [0.4, 0.5) is 4.79 Å². The fourth-order valence-corrected chi connectivity index (χ4v) is 4.58. The van der Waals surface area contributed by atoms with Gasteiger partial charge in [-0.3, -0.25) is 4.79 Å². The molecule has 3 rings (SSSR count). The zero-order chi connectivity index (χ0) is 24.7. The van der Waals surface area contributed by atoms with E-state index in [4.69, 9.17) is 27.9 Å². The van der Waals surface area contributed by atoms with Crippen molar-refractivity contribution >= 4 is 35.1 Å². The number of ether oxygens (including phenoxy) is 1. The third-order valence-corrected chi connectivity index (χ3v) is 6.50. The SMILES string of the molecule is CCCC[C@H](CCC(=O)N1CCOCC1)N(CC)C(=O)n1nnn(-c2c(Cl)cccc2Cl)c1=O. The summed E-state index contributed by atoms with van der Waals surface area (Å²) in [6.45, 7) is 6.50. The Morgan fingerprint density at radius 3 is 2.41 bits per heavy atom. The number of para-hydroxylation sites is 1. The number of amides is 2. The summed E-state index contributed by atoms with van der Waals surface area (Å²) < 4.78 is 6.94. The van der Waals surface area contributed by atoms with Gasteiger partial charge in [0.2, 0.25) is 5.91 Å². The average molecular weight is 513 g/mol. The molecule has 2 aromatic rings. The molecule has 1 saturated heterocycles. The van der Waals surface area contributed by atoms with Crippen LogP contribution < -0.4 is 5.69 Å². The lowest BCUT2D eigenvalue weighted by atomic mass is 10.0. The highest BCUT2D eigenvalue weighted by Gasteiger charge is 2.28. The van der Waals surface area contributed by atoms with Crippen LogP contribution in [-0.2, 0) is 9.53 Å². The number of halogens is 2. The van der Waals surface area contributed by atoms with Crippen molar-refractivity contribution in [3.05, 3.63) is 38.7 Å². The molecule has 1 fully saturated rings. The maximum absolute atomic E-state index is 13.4. The summed E-state index contributed by atoms with van der Waals surface area (Å²) in [4.78, 5) is 42.4. The van der Waals surface area contributed by atoms with Crippen molar-refractivity contribution in [1.82, 2.24) is 29.6 Å². The van der Waals surface area contributed by atoms with E-state index in [1.807, 2.05) is 6.92 Å². The Morgan fingerprint density at radius 2 is 1.79 bits per heavy atom. The lowest BCUT2D eigenvalue weighted by molar-refractivity contribution is -0.135. The topological polar surface area (TPSA) is 103 Å². The van der Waals surface area contributed by atoms with Crippen LogP contribution in [0.3, 0.4) is 0 Å². The van der Waals surface area contributed by atoms with Gasteiger partial charge in [-0.25, -0.2) is 9.59 Å². The molecule has 1 aliphatic heterocycles. The van der Waals surface area contributed by atoms with Crippen LogP contribution in [0, 0.1) is 0 Å². The van der Waals surface area contributed by atoms with Gasteiger partial charge in [-0.15, -0.1) is 4.68 Å². The van der Waals surface area contributed by atoms with E-state index in [0.717, 1.165) is 17.5 Å². The molecule has 0 unspecified atom stereocenters. The van der Waals surface area contributed by atoms with E-state index >= 15 is 0 Å². The van der Waals surface area contributed by atoms with Crippen LogP contribution >= 0.6 is 23.2 Å². The minimum absolute atomic E-state index is 0.0461. The number of morpholine rings is 1. The van der Waals surface area contributed by atoms with Crippen LogP contribution in [0.5, 0.6) is 0 Å². The molecule has 0 saturated carbocycles. The summed E-state index contributed by atoms with van der Waals surface area (Å²) >= 11 is 12.4. The quantitative estimate of drug-likeness (QED) is 0.477. The summed E-state index contributed by atoms with van der Waals surface area (Å²) in [6.07, 6.45) is 3.35. The first-order valence-electron chi connectivity index (χ1n) is 11.5. The largest absolute Gasteiger partial charge is 0.378 e. The Kier molecular flexibility index (Phi) is 9.49. The molecule has 1 aromatic carbocycles. The second-order valence-electron chi connectivity index (χ2n) is 8.05. The van der Waals surface area contributed by atoms with Crippen molar-refractivity contribution in [2.75, 3.05) is 32.8 Å². The monoisotopic (exact) mass is 512 g/mol. The zero-order valence-corrected chi connectivity index (χ0v) is 21.0. The standard InChI is InChI=1S/C22H30Cl2N6O4/c1-3-5-7-16(10-11-19(31)27-12-14-34-15-13-27)28(4-2)21(32)30-22(33)29(25-26-30)20-17(23)8-6-9-18(20)24/h6,8-9,16H,3-5,7,10-15H2,1-2H3/t16-/m1/s1. The summed E-state index contributed by atoms with van der Waals surface area (Å²) in [7, 11) is 0. The summed E-state index contributed by atoms with van der Waals surface area (Å²) in [5.74, 6) is 0.0461. The predicted molar refractivity (Wildman–Crippen MR) is 129 cm³/mol. The first-order chi connectivity index (χ1) is 16.4. The Hall–Kier alpha value is -2.43. The Labute approximate surface area is 208 Å². The van der Waals surface area contributed by atoms with Crippen LogP contribution in [0.1, 0.15) is 46.0 Å². The maximum Gasteiger partial charge on any atom is 0.377 e. The molecule has 0 radical (unpaired) electrons. The summed E-state index contributed by atoms with van der Waals surface area (Å²) in [5, 5.41) is 8.05. The van der Waals surface area contributed by atoms with E-state index in [9.17, 15) is 14.4 Å². The van der Waals surface area contributed by atoms with Gasteiger partial charge in [0.05, 0.1) is 23.3 Å². The van der Waals surface area contributed by atoms with Gasteiger partial charge in [0.15, 0.2) is 0 Å². The van der Waals surface area contributed by atoms with Crippen molar-refractivity contribution in [2.45, 2.75) is 52.0 Å². The third-order valence-electron chi connectivity index (χ3n) is 5.89. The molecule has 34 heavy (non-hydrogen) atoms. The first-order valence-corrected chi connectivity index (χ1v) is 12.3. The minimum atomic E-state index is -0.767. The maximum atomic E-state index is 13.4. The van der Waals surface area contributed by atoms with Gasteiger partial charge in [-0.1, -0.05) is 49.0 Å². The van der Waals surface area contributed by atoms with Crippen molar-refractivity contribution < 1.29 is 14.3 Å². The molecule has 2 heterocycles. The molecule has 0 spiro atoms. The van der Waals surface area contributed by atoms with E-state index < -0.39 is 11.7 Å². The van der Waals surface area contributed by atoms with E-state index in [1.54, 1.807) is 28.0 Å². The van der Waals surface area contributed by atoms with E-state index in [2.05, 4.69) is 17.4 Å². The predicted octanol–water partition coefficient (Wildman–Crippen LogP) is 3.22. The van der Waals surface area contributed by atoms with Crippen molar-refractivity contribution in [3.63, 3.8) is 0 Å². The molecular weight excluding hydrogens is 483 g/mol.